The van der Waals surface area contributed by atoms with Crippen LogP contribution in [0.1, 0.15) is 37.3 Å². The second-order valence-electron chi connectivity index (χ2n) is 5.85. The summed E-state index contributed by atoms with van der Waals surface area (Å²) in [6, 6.07) is 7.36. The van der Waals surface area contributed by atoms with Crippen molar-refractivity contribution in [2.45, 2.75) is 41.4 Å². The molecule has 1 N–H and O–H groups in total. The Hall–Kier alpha value is -0.520. The summed E-state index contributed by atoms with van der Waals surface area (Å²) in [6.45, 7) is 0.905. The Labute approximate surface area is 125 Å². The van der Waals surface area contributed by atoms with Gasteiger partial charge in [0.1, 0.15) is 0 Å². The molecule has 0 aromatic heterocycles. The summed E-state index contributed by atoms with van der Waals surface area (Å²) in [4.78, 5) is 0.516. The Bertz CT molecular complexity index is 592. The maximum Gasteiger partial charge on any atom is 0.180 e. The average Bonchev–Trinajstić information content (AvgIpc) is 3.01. The van der Waals surface area contributed by atoms with Crippen LogP contribution in [0.2, 0.25) is 0 Å². The lowest BCUT2D eigenvalue weighted by Crippen LogP contribution is -2.37. The second kappa shape index (κ2) is 5.35. The molecule has 3 nitrogen and oxygen atoms in total. The number of fused-ring (bicyclic) bond motifs is 1. The van der Waals surface area contributed by atoms with Gasteiger partial charge in [-0.2, -0.15) is 11.8 Å². The lowest BCUT2D eigenvalue weighted by atomic mass is 10.0. The predicted octanol–water partition coefficient (Wildman–Crippen LogP) is 2.78. The van der Waals surface area contributed by atoms with E-state index in [1.807, 2.05) is 23.9 Å². The first kappa shape index (κ1) is 14.4. The standard InChI is InChI=1S/C15H21NO2S2/c1-19-15(8-4-5-9-15)11-16-13-10-20(17,18)14-7-3-2-6-12(13)14/h2-3,6-7,13,16H,4-5,8-11H2,1H3. The number of rotatable bonds is 4. The maximum atomic E-state index is 12.2. The molecule has 1 fully saturated rings. The first-order valence-corrected chi connectivity index (χ1v) is 10.0. The lowest BCUT2D eigenvalue weighted by molar-refractivity contribution is 0.488. The predicted molar refractivity (Wildman–Crippen MR) is 84.0 cm³/mol. The van der Waals surface area contributed by atoms with E-state index in [0.29, 0.717) is 9.64 Å². The monoisotopic (exact) mass is 311 g/mol. The van der Waals surface area contributed by atoms with E-state index in [1.165, 1.54) is 25.7 Å². The van der Waals surface area contributed by atoms with Gasteiger partial charge in [-0.25, -0.2) is 8.42 Å². The highest BCUT2D eigenvalue weighted by Crippen LogP contribution is 2.41. The third-order valence-corrected chi connectivity index (χ3v) is 7.87. The minimum absolute atomic E-state index is 0.0409. The van der Waals surface area contributed by atoms with Crippen LogP contribution < -0.4 is 5.32 Å². The fourth-order valence-electron chi connectivity index (χ4n) is 3.40. The van der Waals surface area contributed by atoms with Crippen LogP contribution in [-0.2, 0) is 9.84 Å². The number of benzene rings is 1. The van der Waals surface area contributed by atoms with Gasteiger partial charge in [0.15, 0.2) is 9.84 Å². The summed E-state index contributed by atoms with van der Waals surface area (Å²) in [7, 11) is -3.10. The molecule has 1 unspecified atom stereocenters. The zero-order chi connectivity index (χ0) is 14.2. The van der Waals surface area contributed by atoms with Gasteiger partial charge >= 0.3 is 0 Å². The van der Waals surface area contributed by atoms with E-state index in [0.717, 1.165) is 12.1 Å². The SMILES string of the molecule is CSC1(CNC2CS(=O)(=O)c3ccccc32)CCCC1. The van der Waals surface area contributed by atoms with E-state index in [-0.39, 0.29) is 11.8 Å². The van der Waals surface area contributed by atoms with E-state index in [9.17, 15) is 8.42 Å². The van der Waals surface area contributed by atoms with Crippen molar-refractivity contribution in [2.75, 3.05) is 18.6 Å². The fourth-order valence-corrected chi connectivity index (χ4v) is 6.10. The Balaban J connectivity index is 1.77. The van der Waals surface area contributed by atoms with E-state index in [2.05, 4.69) is 11.6 Å². The summed E-state index contributed by atoms with van der Waals surface area (Å²) < 4.78 is 24.6. The van der Waals surface area contributed by atoms with Crippen molar-refractivity contribution in [1.82, 2.24) is 5.32 Å². The van der Waals surface area contributed by atoms with E-state index < -0.39 is 9.84 Å². The molecule has 2 aliphatic rings. The fraction of sp³-hybridized carbons (Fsp3) is 0.600. The quantitative estimate of drug-likeness (QED) is 0.929. The molecule has 1 aliphatic carbocycles. The first-order valence-electron chi connectivity index (χ1n) is 7.17. The van der Waals surface area contributed by atoms with Crippen molar-refractivity contribution in [1.29, 1.82) is 0 Å². The van der Waals surface area contributed by atoms with Gasteiger partial charge in [-0.15, -0.1) is 0 Å². The van der Waals surface area contributed by atoms with Gasteiger partial charge < -0.3 is 5.32 Å². The summed E-state index contributed by atoms with van der Waals surface area (Å²) in [5.41, 5.74) is 0.946. The zero-order valence-corrected chi connectivity index (χ0v) is 13.4. The van der Waals surface area contributed by atoms with E-state index in [1.54, 1.807) is 12.1 Å². The van der Waals surface area contributed by atoms with Crippen LogP contribution >= 0.6 is 11.8 Å². The number of hydrogen-bond donors (Lipinski definition) is 1. The van der Waals surface area contributed by atoms with Crippen molar-refractivity contribution < 1.29 is 8.42 Å². The van der Waals surface area contributed by atoms with Gasteiger partial charge in [0, 0.05) is 17.3 Å². The summed E-state index contributed by atoms with van der Waals surface area (Å²) in [5, 5.41) is 3.53. The molecule has 3 rings (SSSR count). The van der Waals surface area contributed by atoms with Gasteiger partial charge in [0.2, 0.25) is 0 Å². The molecular weight excluding hydrogens is 290 g/mol. The molecule has 110 valence electrons. The lowest BCUT2D eigenvalue weighted by Gasteiger charge is -2.29. The van der Waals surface area contributed by atoms with Crippen LogP contribution in [0.5, 0.6) is 0 Å². The number of hydrogen-bond acceptors (Lipinski definition) is 4. The molecule has 1 aliphatic heterocycles. The molecule has 0 bridgehead atoms. The number of sulfone groups is 1. The number of nitrogens with one attached hydrogen (secondary N) is 1. The van der Waals surface area contributed by atoms with Gasteiger partial charge in [0.05, 0.1) is 10.6 Å². The first-order chi connectivity index (χ1) is 9.56. The second-order valence-corrected chi connectivity index (χ2v) is 9.12. The van der Waals surface area contributed by atoms with Crippen LogP contribution in [0, 0.1) is 0 Å². The molecule has 20 heavy (non-hydrogen) atoms. The molecule has 0 saturated heterocycles. The Morgan fingerprint density at radius 2 is 2.00 bits per heavy atom. The Kier molecular flexibility index (Phi) is 3.86. The molecule has 0 radical (unpaired) electrons. The minimum atomic E-state index is -3.10. The highest BCUT2D eigenvalue weighted by molar-refractivity contribution is 8.00. The highest BCUT2D eigenvalue weighted by atomic mass is 32.2. The molecule has 1 aromatic rings. The minimum Gasteiger partial charge on any atom is -0.308 e. The largest absolute Gasteiger partial charge is 0.308 e. The van der Waals surface area contributed by atoms with Crippen molar-refractivity contribution in [3.8, 4) is 0 Å². The molecule has 1 atom stereocenters. The Morgan fingerprint density at radius 3 is 2.70 bits per heavy atom. The van der Waals surface area contributed by atoms with Gasteiger partial charge in [0.25, 0.3) is 0 Å². The molecule has 1 heterocycles. The molecule has 0 spiro atoms. The summed E-state index contributed by atoms with van der Waals surface area (Å²) >= 11 is 1.93. The molecule has 0 amide bonds. The van der Waals surface area contributed by atoms with Crippen LogP contribution in [0.3, 0.4) is 0 Å². The molecule has 1 saturated carbocycles. The van der Waals surface area contributed by atoms with Crippen molar-refractivity contribution in [3.05, 3.63) is 29.8 Å². The van der Waals surface area contributed by atoms with Crippen LogP contribution in [-0.4, -0.2) is 31.7 Å². The number of thioether (sulfide) groups is 1. The highest BCUT2D eigenvalue weighted by Gasteiger charge is 2.37. The van der Waals surface area contributed by atoms with Gasteiger partial charge in [-0.05, 0) is 30.7 Å². The van der Waals surface area contributed by atoms with Crippen LogP contribution in [0.4, 0.5) is 0 Å². The third-order valence-electron chi connectivity index (χ3n) is 4.63. The maximum absolute atomic E-state index is 12.2. The average molecular weight is 311 g/mol. The van der Waals surface area contributed by atoms with Crippen molar-refractivity contribution in [3.63, 3.8) is 0 Å². The zero-order valence-electron chi connectivity index (χ0n) is 11.8. The van der Waals surface area contributed by atoms with Crippen molar-refractivity contribution in [2.24, 2.45) is 0 Å². The third kappa shape index (κ3) is 2.51. The van der Waals surface area contributed by atoms with Gasteiger partial charge in [-0.1, -0.05) is 31.0 Å². The van der Waals surface area contributed by atoms with E-state index in [4.69, 9.17) is 0 Å². The van der Waals surface area contributed by atoms with Crippen LogP contribution in [0.25, 0.3) is 0 Å². The van der Waals surface area contributed by atoms with Crippen LogP contribution in [0.15, 0.2) is 29.2 Å². The van der Waals surface area contributed by atoms with Gasteiger partial charge in [-0.3, -0.25) is 0 Å². The van der Waals surface area contributed by atoms with E-state index >= 15 is 0 Å². The summed E-state index contributed by atoms with van der Waals surface area (Å²) in [6.07, 6.45) is 7.24. The summed E-state index contributed by atoms with van der Waals surface area (Å²) in [5.74, 6) is 0.205. The normalized spacial score (nSPS) is 26.6. The smallest absolute Gasteiger partial charge is 0.180 e. The molecular formula is C15H21NO2S2. The Morgan fingerprint density at radius 1 is 1.30 bits per heavy atom. The van der Waals surface area contributed by atoms with Crippen molar-refractivity contribution >= 4 is 21.6 Å². The molecule has 5 heteroatoms. The topological polar surface area (TPSA) is 46.2 Å². The molecule has 1 aromatic carbocycles.